The van der Waals surface area contributed by atoms with Gasteiger partial charge in [0.05, 0.1) is 12.9 Å². The average molecular weight is 245 g/mol. The molecule has 3 rings (SSSR count). The van der Waals surface area contributed by atoms with Gasteiger partial charge in [-0.3, -0.25) is 0 Å². The van der Waals surface area contributed by atoms with Gasteiger partial charge in [-0.1, -0.05) is 18.2 Å². The van der Waals surface area contributed by atoms with Gasteiger partial charge in [0.15, 0.2) is 0 Å². The molecule has 1 aromatic carbocycles. The van der Waals surface area contributed by atoms with Gasteiger partial charge in [0.2, 0.25) is 0 Å². The second-order valence-electron chi connectivity index (χ2n) is 5.33. The third-order valence-corrected chi connectivity index (χ3v) is 3.70. The molecule has 0 saturated carbocycles. The Bertz CT molecular complexity index is 526. The van der Waals surface area contributed by atoms with Crippen LogP contribution >= 0.6 is 0 Å². The maximum Gasteiger partial charge on any atom is 0.134 e. The van der Waals surface area contributed by atoms with Crippen LogP contribution in [0.5, 0.6) is 0 Å². The van der Waals surface area contributed by atoms with Gasteiger partial charge >= 0.3 is 0 Å². The zero-order chi connectivity index (χ0) is 12.4. The Kier molecular flexibility index (Phi) is 3.10. The lowest BCUT2D eigenvalue weighted by atomic mass is 9.94. The van der Waals surface area contributed by atoms with E-state index in [1.54, 1.807) is 0 Å². The molecule has 0 spiro atoms. The van der Waals surface area contributed by atoms with Crippen LogP contribution < -0.4 is 5.32 Å². The SMILES string of the molecule is CC1(NCc2coc3ccccc23)CCCOC1. The van der Waals surface area contributed by atoms with E-state index >= 15 is 0 Å². The number of nitrogens with one attached hydrogen (secondary N) is 1. The van der Waals surface area contributed by atoms with E-state index in [2.05, 4.69) is 18.3 Å². The van der Waals surface area contributed by atoms with Crippen LogP contribution in [0.25, 0.3) is 11.0 Å². The predicted molar refractivity (Wildman–Crippen MR) is 71.5 cm³/mol. The minimum Gasteiger partial charge on any atom is -0.464 e. The summed E-state index contributed by atoms with van der Waals surface area (Å²) in [5.41, 5.74) is 2.27. The fraction of sp³-hybridized carbons (Fsp3) is 0.467. The quantitative estimate of drug-likeness (QED) is 0.902. The maximum atomic E-state index is 5.56. The number of ether oxygens (including phenoxy) is 1. The van der Waals surface area contributed by atoms with Crippen molar-refractivity contribution in [1.82, 2.24) is 5.32 Å². The fourth-order valence-corrected chi connectivity index (χ4v) is 2.55. The molecular formula is C15H19NO2. The zero-order valence-corrected chi connectivity index (χ0v) is 10.7. The molecule has 96 valence electrons. The van der Waals surface area contributed by atoms with E-state index in [-0.39, 0.29) is 5.54 Å². The highest BCUT2D eigenvalue weighted by Gasteiger charge is 2.27. The minimum absolute atomic E-state index is 0.0939. The summed E-state index contributed by atoms with van der Waals surface area (Å²) >= 11 is 0. The van der Waals surface area contributed by atoms with E-state index in [1.807, 2.05) is 24.5 Å². The first kappa shape index (κ1) is 11.8. The van der Waals surface area contributed by atoms with E-state index in [4.69, 9.17) is 9.15 Å². The van der Waals surface area contributed by atoms with Crippen LogP contribution in [-0.4, -0.2) is 18.8 Å². The normalized spacial score (nSPS) is 24.5. The van der Waals surface area contributed by atoms with Gasteiger partial charge in [-0.25, -0.2) is 0 Å². The molecule has 1 unspecified atom stereocenters. The van der Waals surface area contributed by atoms with Crippen molar-refractivity contribution < 1.29 is 9.15 Å². The lowest BCUT2D eigenvalue weighted by molar-refractivity contribution is 0.0278. The van der Waals surface area contributed by atoms with Crippen molar-refractivity contribution in [1.29, 1.82) is 0 Å². The highest BCUT2D eigenvalue weighted by Crippen LogP contribution is 2.23. The molecule has 0 radical (unpaired) electrons. The molecule has 0 amide bonds. The van der Waals surface area contributed by atoms with Crippen LogP contribution in [0.2, 0.25) is 0 Å². The van der Waals surface area contributed by atoms with E-state index in [1.165, 1.54) is 17.4 Å². The first-order valence-electron chi connectivity index (χ1n) is 6.55. The summed E-state index contributed by atoms with van der Waals surface area (Å²) in [6, 6.07) is 8.16. The number of hydrogen-bond acceptors (Lipinski definition) is 3. The summed E-state index contributed by atoms with van der Waals surface area (Å²) in [7, 11) is 0. The summed E-state index contributed by atoms with van der Waals surface area (Å²) in [5, 5.41) is 4.81. The summed E-state index contributed by atoms with van der Waals surface area (Å²) in [4.78, 5) is 0. The third-order valence-electron chi connectivity index (χ3n) is 3.70. The van der Waals surface area contributed by atoms with Crippen LogP contribution in [0.3, 0.4) is 0 Å². The van der Waals surface area contributed by atoms with Crippen LogP contribution in [0, 0.1) is 0 Å². The van der Waals surface area contributed by atoms with Gasteiger partial charge in [0.1, 0.15) is 5.58 Å². The Hall–Kier alpha value is -1.32. The van der Waals surface area contributed by atoms with Crippen LogP contribution in [0.4, 0.5) is 0 Å². The first-order chi connectivity index (χ1) is 8.77. The Labute approximate surface area is 107 Å². The molecular weight excluding hydrogens is 226 g/mol. The van der Waals surface area contributed by atoms with Crippen molar-refractivity contribution in [3.63, 3.8) is 0 Å². The molecule has 1 fully saturated rings. The number of benzene rings is 1. The van der Waals surface area contributed by atoms with E-state index in [9.17, 15) is 0 Å². The molecule has 2 aromatic rings. The van der Waals surface area contributed by atoms with Gasteiger partial charge in [0, 0.05) is 29.6 Å². The molecule has 0 aliphatic carbocycles. The Morgan fingerprint density at radius 2 is 2.22 bits per heavy atom. The third kappa shape index (κ3) is 2.28. The highest BCUT2D eigenvalue weighted by molar-refractivity contribution is 5.80. The van der Waals surface area contributed by atoms with E-state index < -0.39 is 0 Å². The fourth-order valence-electron chi connectivity index (χ4n) is 2.55. The summed E-state index contributed by atoms with van der Waals surface area (Å²) < 4.78 is 11.1. The Morgan fingerprint density at radius 1 is 1.33 bits per heavy atom. The van der Waals surface area contributed by atoms with Crippen LogP contribution in [0.15, 0.2) is 34.9 Å². The van der Waals surface area contributed by atoms with Gasteiger partial charge in [-0.15, -0.1) is 0 Å². The number of furan rings is 1. The van der Waals surface area contributed by atoms with Gasteiger partial charge < -0.3 is 14.5 Å². The number of hydrogen-bond donors (Lipinski definition) is 1. The van der Waals surface area contributed by atoms with E-state index in [0.717, 1.165) is 31.8 Å². The second-order valence-corrected chi connectivity index (χ2v) is 5.33. The maximum absolute atomic E-state index is 5.56. The molecule has 1 atom stereocenters. The summed E-state index contributed by atoms with van der Waals surface area (Å²) in [6.45, 7) is 4.75. The second kappa shape index (κ2) is 4.75. The monoisotopic (exact) mass is 245 g/mol. The van der Waals surface area contributed by atoms with Crippen molar-refractivity contribution in [3.8, 4) is 0 Å². The molecule has 1 N–H and O–H groups in total. The Morgan fingerprint density at radius 3 is 3.06 bits per heavy atom. The molecule has 3 nitrogen and oxygen atoms in total. The minimum atomic E-state index is 0.0939. The molecule has 1 saturated heterocycles. The number of fused-ring (bicyclic) bond motifs is 1. The zero-order valence-electron chi connectivity index (χ0n) is 10.7. The van der Waals surface area contributed by atoms with Crippen molar-refractivity contribution in [2.75, 3.05) is 13.2 Å². The van der Waals surface area contributed by atoms with Gasteiger partial charge in [-0.2, -0.15) is 0 Å². The highest BCUT2D eigenvalue weighted by atomic mass is 16.5. The lowest BCUT2D eigenvalue weighted by Crippen LogP contribution is -2.48. The Balaban J connectivity index is 1.73. The predicted octanol–water partition coefficient (Wildman–Crippen LogP) is 3.09. The molecule has 0 bridgehead atoms. The van der Waals surface area contributed by atoms with Gasteiger partial charge in [-0.05, 0) is 25.8 Å². The topological polar surface area (TPSA) is 34.4 Å². The summed E-state index contributed by atoms with van der Waals surface area (Å²) in [6.07, 6.45) is 4.16. The number of para-hydroxylation sites is 1. The molecule has 1 aliphatic heterocycles. The van der Waals surface area contributed by atoms with Crippen molar-refractivity contribution in [3.05, 3.63) is 36.1 Å². The first-order valence-corrected chi connectivity index (χ1v) is 6.55. The van der Waals surface area contributed by atoms with E-state index in [0.29, 0.717) is 0 Å². The molecule has 1 aromatic heterocycles. The molecule has 3 heteroatoms. The number of rotatable bonds is 3. The standard InChI is InChI=1S/C15H19NO2/c1-15(7-4-8-17-11-15)16-9-12-10-18-14-6-3-2-5-13(12)14/h2-3,5-6,10,16H,4,7-9,11H2,1H3. The van der Waals surface area contributed by atoms with Crippen molar-refractivity contribution in [2.45, 2.75) is 31.8 Å². The molecule has 1 aliphatic rings. The van der Waals surface area contributed by atoms with Crippen LogP contribution in [0.1, 0.15) is 25.3 Å². The molecule has 18 heavy (non-hydrogen) atoms. The molecule has 2 heterocycles. The van der Waals surface area contributed by atoms with Gasteiger partial charge in [0.25, 0.3) is 0 Å². The van der Waals surface area contributed by atoms with Crippen molar-refractivity contribution in [2.24, 2.45) is 0 Å². The van der Waals surface area contributed by atoms with Crippen molar-refractivity contribution >= 4 is 11.0 Å². The smallest absolute Gasteiger partial charge is 0.134 e. The lowest BCUT2D eigenvalue weighted by Gasteiger charge is -2.34. The summed E-state index contributed by atoms with van der Waals surface area (Å²) in [5.74, 6) is 0. The van der Waals surface area contributed by atoms with Crippen LogP contribution in [-0.2, 0) is 11.3 Å². The average Bonchev–Trinajstić information content (AvgIpc) is 2.81. The largest absolute Gasteiger partial charge is 0.464 e.